The molecular weight excluding hydrogens is 224 g/mol. The molecule has 1 atom stereocenters. The van der Waals surface area contributed by atoms with Crippen molar-refractivity contribution in [1.29, 1.82) is 0 Å². The minimum atomic E-state index is 0.590. The SMILES string of the molecule is CC(C)NC1CCCN(CCc2ccnn2C)C1. The first-order valence-corrected chi connectivity index (χ1v) is 7.10. The smallest absolute Gasteiger partial charge is 0.0492 e. The van der Waals surface area contributed by atoms with E-state index in [1.807, 2.05) is 17.9 Å². The first-order valence-electron chi connectivity index (χ1n) is 7.10. The second kappa shape index (κ2) is 6.34. The molecule has 0 aromatic carbocycles. The van der Waals surface area contributed by atoms with Crippen molar-refractivity contribution in [1.82, 2.24) is 20.0 Å². The van der Waals surface area contributed by atoms with Gasteiger partial charge in [-0.15, -0.1) is 0 Å². The third-order valence-corrected chi connectivity index (χ3v) is 3.68. The highest BCUT2D eigenvalue weighted by Crippen LogP contribution is 2.11. The van der Waals surface area contributed by atoms with E-state index in [0.717, 1.165) is 13.0 Å². The van der Waals surface area contributed by atoms with Crippen LogP contribution in [0.15, 0.2) is 12.3 Å². The molecule has 2 heterocycles. The number of nitrogens with one attached hydrogen (secondary N) is 1. The molecule has 0 aliphatic carbocycles. The van der Waals surface area contributed by atoms with Crippen LogP contribution in [0.1, 0.15) is 32.4 Å². The van der Waals surface area contributed by atoms with Crippen molar-refractivity contribution >= 4 is 0 Å². The molecule has 1 aromatic rings. The van der Waals surface area contributed by atoms with Crippen LogP contribution in [-0.4, -0.2) is 46.4 Å². The van der Waals surface area contributed by atoms with E-state index >= 15 is 0 Å². The molecule has 1 fully saturated rings. The van der Waals surface area contributed by atoms with Gasteiger partial charge in [0.05, 0.1) is 0 Å². The van der Waals surface area contributed by atoms with E-state index in [1.165, 1.54) is 31.6 Å². The Morgan fingerprint density at radius 1 is 1.50 bits per heavy atom. The van der Waals surface area contributed by atoms with Crippen molar-refractivity contribution in [3.8, 4) is 0 Å². The Hall–Kier alpha value is -0.870. The summed E-state index contributed by atoms with van der Waals surface area (Å²) >= 11 is 0. The molecule has 0 radical (unpaired) electrons. The number of nitrogens with zero attached hydrogens (tertiary/aromatic N) is 3. The van der Waals surface area contributed by atoms with Crippen LogP contribution >= 0.6 is 0 Å². The maximum atomic E-state index is 4.22. The van der Waals surface area contributed by atoms with Gasteiger partial charge in [-0.25, -0.2) is 0 Å². The van der Waals surface area contributed by atoms with Crippen LogP contribution in [0, 0.1) is 0 Å². The predicted octanol–water partition coefficient (Wildman–Crippen LogP) is 1.42. The summed E-state index contributed by atoms with van der Waals surface area (Å²) in [6.45, 7) is 8.04. The zero-order valence-corrected chi connectivity index (χ0v) is 11.9. The van der Waals surface area contributed by atoms with Crippen LogP contribution in [0.4, 0.5) is 0 Å². The van der Waals surface area contributed by atoms with Gasteiger partial charge in [0.25, 0.3) is 0 Å². The fraction of sp³-hybridized carbons (Fsp3) is 0.786. The third-order valence-electron chi connectivity index (χ3n) is 3.68. The highest BCUT2D eigenvalue weighted by atomic mass is 15.3. The van der Waals surface area contributed by atoms with Gasteiger partial charge < -0.3 is 10.2 Å². The minimum Gasteiger partial charge on any atom is -0.311 e. The molecule has 1 N–H and O–H groups in total. The van der Waals surface area contributed by atoms with E-state index in [2.05, 4.69) is 35.2 Å². The summed E-state index contributed by atoms with van der Waals surface area (Å²) in [5.41, 5.74) is 1.33. The number of piperidine rings is 1. The lowest BCUT2D eigenvalue weighted by atomic mass is 10.0. The Kier molecular flexibility index (Phi) is 4.78. The molecule has 4 nitrogen and oxygen atoms in total. The van der Waals surface area contributed by atoms with Crippen LogP contribution in [-0.2, 0) is 13.5 Å². The van der Waals surface area contributed by atoms with Gasteiger partial charge in [0.2, 0.25) is 0 Å². The van der Waals surface area contributed by atoms with Gasteiger partial charge in [-0.2, -0.15) is 5.10 Å². The molecule has 4 heteroatoms. The van der Waals surface area contributed by atoms with Gasteiger partial charge >= 0.3 is 0 Å². The topological polar surface area (TPSA) is 33.1 Å². The molecule has 1 aromatic heterocycles. The van der Waals surface area contributed by atoms with Gasteiger partial charge in [-0.05, 0) is 25.5 Å². The highest BCUT2D eigenvalue weighted by Gasteiger charge is 2.19. The average Bonchev–Trinajstić information content (AvgIpc) is 2.72. The van der Waals surface area contributed by atoms with Crippen molar-refractivity contribution in [3.05, 3.63) is 18.0 Å². The Labute approximate surface area is 110 Å². The fourth-order valence-corrected chi connectivity index (χ4v) is 2.79. The van der Waals surface area contributed by atoms with Crippen molar-refractivity contribution in [2.75, 3.05) is 19.6 Å². The molecule has 0 amide bonds. The molecule has 0 bridgehead atoms. The number of hydrogen-bond donors (Lipinski definition) is 1. The maximum Gasteiger partial charge on any atom is 0.0492 e. The summed E-state index contributed by atoms with van der Waals surface area (Å²) in [4.78, 5) is 2.58. The summed E-state index contributed by atoms with van der Waals surface area (Å²) in [6.07, 6.45) is 5.62. The van der Waals surface area contributed by atoms with Gasteiger partial charge in [-0.1, -0.05) is 13.8 Å². The van der Waals surface area contributed by atoms with E-state index in [9.17, 15) is 0 Å². The molecule has 1 saturated heterocycles. The highest BCUT2D eigenvalue weighted by molar-refractivity contribution is 5.00. The van der Waals surface area contributed by atoms with Crippen LogP contribution < -0.4 is 5.32 Å². The number of hydrogen-bond acceptors (Lipinski definition) is 3. The normalized spacial score (nSPS) is 21.7. The number of aryl methyl sites for hydroxylation is 1. The van der Waals surface area contributed by atoms with Crippen molar-refractivity contribution in [2.24, 2.45) is 7.05 Å². The largest absolute Gasteiger partial charge is 0.311 e. The molecular formula is C14H26N4. The van der Waals surface area contributed by atoms with Crippen LogP contribution in [0.5, 0.6) is 0 Å². The Balaban J connectivity index is 1.77. The molecule has 0 saturated carbocycles. The number of likely N-dealkylation sites (tertiary alicyclic amines) is 1. The molecule has 1 unspecified atom stereocenters. The molecule has 1 aliphatic rings. The first-order chi connectivity index (χ1) is 8.65. The molecule has 102 valence electrons. The van der Waals surface area contributed by atoms with Crippen molar-refractivity contribution in [3.63, 3.8) is 0 Å². The zero-order chi connectivity index (χ0) is 13.0. The molecule has 2 rings (SSSR count). The van der Waals surface area contributed by atoms with Gasteiger partial charge in [0, 0.05) is 50.5 Å². The number of aromatic nitrogens is 2. The predicted molar refractivity (Wildman–Crippen MR) is 74.6 cm³/mol. The van der Waals surface area contributed by atoms with Crippen molar-refractivity contribution < 1.29 is 0 Å². The lowest BCUT2D eigenvalue weighted by Gasteiger charge is -2.34. The summed E-state index contributed by atoms with van der Waals surface area (Å²) in [6, 6.07) is 3.38. The van der Waals surface area contributed by atoms with Crippen LogP contribution in [0.2, 0.25) is 0 Å². The third kappa shape index (κ3) is 3.82. The quantitative estimate of drug-likeness (QED) is 0.858. The maximum absolute atomic E-state index is 4.22. The van der Waals surface area contributed by atoms with E-state index < -0.39 is 0 Å². The first kappa shape index (κ1) is 13.6. The zero-order valence-electron chi connectivity index (χ0n) is 11.9. The fourth-order valence-electron chi connectivity index (χ4n) is 2.79. The molecule has 0 spiro atoms. The summed E-state index contributed by atoms with van der Waals surface area (Å²) < 4.78 is 1.98. The van der Waals surface area contributed by atoms with E-state index in [0.29, 0.717) is 12.1 Å². The summed E-state index contributed by atoms with van der Waals surface area (Å²) in [7, 11) is 2.02. The lowest BCUT2D eigenvalue weighted by molar-refractivity contribution is 0.186. The van der Waals surface area contributed by atoms with Gasteiger partial charge in [-0.3, -0.25) is 4.68 Å². The standard InChI is InChI=1S/C14H26N4/c1-12(2)16-13-5-4-9-18(11-13)10-7-14-6-8-15-17(14)3/h6,8,12-13,16H,4-5,7,9-11H2,1-3H3. The second-order valence-electron chi connectivity index (χ2n) is 5.66. The van der Waals surface area contributed by atoms with Gasteiger partial charge in [0.15, 0.2) is 0 Å². The van der Waals surface area contributed by atoms with E-state index in [4.69, 9.17) is 0 Å². The van der Waals surface area contributed by atoms with Crippen LogP contribution in [0.25, 0.3) is 0 Å². The van der Waals surface area contributed by atoms with E-state index in [1.54, 1.807) is 0 Å². The number of rotatable bonds is 5. The average molecular weight is 250 g/mol. The van der Waals surface area contributed by atoms with E-state index in [-0.39, 0.29) is 0 Å². The Bertz CT molecular complexity index is 358. The summed E-state index contributed by atoms with van der Waals surface area (Å²) in [5.74, 6) is 0. The molecule has 18 heavy (non-hydrogen) atoms. The van der Waals surface area contributed by atoms with Crippen molar-refractivity contribution in [2.45, 2.75) is 45.2 Å². The Morgan fingerprint density at radius 3 is 3.00 bits per heavy atom. The second-order valence-corrected chi connectivity index (χ2v) is 5.66. The van der Waals surface area contributed by atoms with Crippen LogP contribution in [0.3, 0.4) is 0 Å². The molecule has 1 aliphatic heterocycles. The lowest BCUT2D eigenvalue weighted by Crippen LogP contribution is -2.48. The van der Waals surface area contributed by atoms with Gasteiger partial charge in [0.1, 0.15) is 0 Å². The minimum absolute atomic E-state index is 0.590. The monoisotopic (exact) mass is 250 g/mol. The Morgan fingerprint density at radius 2 is 2.33 bits per heavy atom. The summed E-state index contributed by atoms with van der Waals surface area (Å²) in [5, 5.41) is 7.88.